The van der Waals surface area contributed by atoms with Gasteiger partial charge in [0, 0.05) is 13.1 Å². The van der Waals surface area contributed by atoms with E-state index in [0.29, 0.717) is 29.6 Å². The smallest absolute Gasteiger partial charge is 0.276 e. The molecule has 0 spiro atoms. The van der Waals surface area contributed by atoms with E-state index in [1.807, 2.05) is 0 Å². The summed E-state index contributed by atoms with van der Waals surface area (Å²) in [6.45, 7) is 2.18. The molecular weight excluding hydrogens is 250 g/mol. The van der Waals surface area contributed by atoms with Gasteiger partial charge in [-0.25, -0.2) is 4.98 Å². The Bertz CT molecular complexity index is 596. The Hall–Kier alpha value is -2.64. The third-order valence-electron chi connectivity index (χ3n) is 2.40. The standard InChI is InChI=1S/C11H13N5O3/c1-7-3-8(15-19-7)6-13-11-5-9(16(17)18)4-10(12-2)14-11/h3-5H,6H2,1-2H3,(H2,12,13,14). The lowest BCUT2D eigenvalue weighted by atomic mass is 10.3. The second-order valence-electron chi connectivity index (χ2n) is 3.89. The largest absolute Gasteiger partial charge is 0.373 e. The molecule has 0 unspecified atom stereocenters. The first-order chi connectivity index (χ1) is 9.08. The van der Waals surface area contributed by atoms with E-state index in [1.165, 1.54) is 12.1 Å². The normalized spacial score (nSPS) is 10.2. The van der Waals surface area contributed by atoms with Gasteiger partial charge >= 0.3 is 0 Å². The van der Waals surface area contributed by atoms with Crippen molar-refractivity contribution in [2.24, 2.45) is 0 Å². The van der Waals surface area contributed by atoms with Gasteiger partial charge in [0.25, 0.3) is 5.69 Å². The number of hydrogen-bond acceptors (Lipinski definition) is 7. The fourth-order valence-corrected chi connectivity index (χ4v) is 1.52. The monoisotopic (exact) mass is 263 g/mol. The molecule has 0 amide bonds. The Kier molecular flexibility index (Phi) is 3.60. The molecule has 0 bridgehead atoms. The van der Waals surface area contributed by atoms with Crippen LogP contribution in [0.2, 0.25) is 0 Å². The van der Waals surface area contributed by atoms with Crippen LogP contribution in [0.3, 0.4) is 0 Å². The van der Waals surface area contributed by atoms with E-state index in [0.717, 1.165) is 0 Å². The highest BCUT2D eigenvalue weighted by molar-refractivity contribution is 5.54. The molecule has 2 N–H and O–H groups in total. The maximum atomic E-state index is 10.8. The Labute approximate surface area is 109 Å². The molecule has 2 aromatic rings. The zero-order valence-electron chi connectivity index (χ0n) is 10.5. The Balaban J connectivity index is 2.15. The minimum atomic E-state index is -0.464. The number of nitrogens with one attached hydrogen (secondary N) is 2. The lowest BCUT2D eigenvalue weighted by Gasteiger charge is -2.05. The molecule has 0 fully saturated rings. The number of aromatic nitrogens is 2. The molecule has 100 valence electrons. The quantitative estimate of drug-likeness (QED) is 0.627. The maximum absolute atomic E-state index is 10.8. The molecule has 2 aromatic heterocycles. The minimum Gasteiger partial charge on any atom is -0.373 e. The highest BCUT2D eigenvalue weighted by Crippen LogP contribution is 2.20. The first-order valence-electron chi connectivity index (χ1n) is 5.59. The van der Waals surface area contributed by atoms with Crippen LogP contribution in [0.4, 0.5) is 17.3 Å². The van der Waals surface area contributed by atoms with Crippen molar-refractivity contribution in [3.05, 3.63) is 39.8 Å². The van der Waals surface area contributed by atoms with Crippen molar-refractivity contribution in [1.82, 2.24) is 10.1 Å². The van der Waals surface area contributed by atoms with Crippen LogP contribution in [0.25, 0.3) is 0 Å². The summed E-state index contributed by atoms with van der Waals surface area (Å²) in [4.78, 5) is 14.5. The number of nitrogens with zero attached hydrogens (tertiary/aromatic N) is 3. The summed E-state index contributed by atoms with van der Waals surface area (Å²) >= 11 is 0. The van der Waals surface area contributed by atoms with E-state index in [2.05, 4.69) is 20.8 Å². The average Bonchev–Trinajstić information content (AvgIpc) is 2.81. The number of hydrogen-bond donors (Lipinski definition) is 2. The molecule has 0 atom stereocenters. The van der Waals surface area contributed by atoms with Gasteiger partial charge in [-0.1, -0.05) is 5.16 Å². The SMILES string of the molecule is CNc1cc([N+](=O)[O-])cc(NCc2cc(C)on2)n1. The van der Waals surface area contributed by atoms with Crippen LogP contribution in [0.15, 0.2) is 22.7 Å². The number of nitro groups is 1. The van der Waals surface area contributed by atoms with E-state index in [-0.39, 0.29) is 5.69 Å². The molecule has 0 saturated heterocycles. The Morgan fingerprint density at radius 1 is 1.37 bits per heavy atom. The van der Waals surface area contributed by atoms with Gasteiger partial charge in [0.2, 0.25) is 0 Å². The summed E-state index contributed by atoms with van der Waals surface area (Å²) < 4.78 is 4.93. The van der Waals surface area contributed by atoms with E-state index < -0.39 is 4.92 Å². The molecule has 0 aliphatic rings. The summed E-state index contributed by atoms with van der Waals surface area (Å²) in [5.74, 6) is 1.53. The second-order valence-corrected chi connectivity index (χ2v) is 3.89. The molecule has 0 aromatic carbocycles. The predicted octanol–water partition coefficient (Wildman–Crippen LogP) is 1.94. The van der Waals surface area contributed by atoms with Gasteiger partial charge in [-0.2, -0.15) is 0 Å². The molecule has 8 nitrogen and oxygen atoms in total. The predicted molar refractivity (Wildman–Crippen MR) is 69.0 cm³/mol. The molecule has 0 radical (unpaired) electrons. The first-order valence-corrected chi connectivity index (χ1v) is 5.59. The van der Waals surface area contributed by atoms with E-state index in [1.54, 1.807) is 20.0 Å². The molecule has 0 aliphatic heterocycles. The average molecular weight is 263 g/mol. The Morgan fingerprint density at radius 3 is 2.68 bits per heavy atom. The van der Waals surface area contributed by atoms with Crippen LogP contribution >= 0.6 is 0 Å². The fourth-order valence-electron chi connectivity index (χ4n) is 1.52. The van der Waals surface area contributed by atoms with Crippen LogP contribution in [-0.2, 0) is 6.54 Å². The van der Waals surface area contributed by atoms with Crippen LogP contribution in [0, 0.1) is 17.0 Å². The third-order valence-corrected chi connectivity index (χ3v) is 2.40. The van der Waals surface area contributed by atoms with Crippen molar-refractivity contribution in [1.29, 1.82) is 0 Å². The summed E-state index contributed by atoms with van der Waals surface area (Å²) in [5.41, 5.74) is 0.676. The van der Waals surface area contributed by atoms with Crippen LogP contribution in [0.5, 0.6) is 0 Å². The summed E-state index contributed by atoms with van der Waals surface area (Å²) in [6, 6.07) is 4.52. The van der Waals surface area contributed by atoms with Gasteiger partial charge in [-0.15, -0.1) is 0 Å². The van der Waals surface area contributed by atoms with Crippen LogP contribution < -0.4 is 10.6 Å². The van der Waals surface area contributed by atoms with Gasteiger partial charge in [0.15, 0.2) is 0 Å². The van der Waals surface area contributed by atoms with Gasteiger partial charge in [-0.3, -0.25) is 10.1 Å². The maximum Gasteiger partial charge on any atom is 0.276 e. The van der Waals surface area contributed by atoms with E-state index in [4.69, 9.17) is 4.52 Å². The molecule has 19 heavy (non-hydrogen) atoms. The van der Waals surface area contributed by atoms with Gasteiger partial charge < -0.3 is 15.2 Å². The molecule has 8 heteroatoms. The highest BCUT2D eigenvalue weighted by atomic mass is 16.6. The van der Waals surface area contributed by atoms with Gasteiger partial charge in [0.05, 0.1) is 23.6 Å². The lowest BCUT2D eigenvalue weighted by Crippen LogP contribution is -2.04. The molecule has 2 heterocycles. The van der Waals surface area contributed by atoms with Crippen LogP contribution in [-0.4, -0.2) is 22.1 Å². The molecule has 0 aliphatic carbocycles. The summed E-state index contributed by atoms with van der Waals surface area (Å²) in [6.07, 6.45) is 0. The molecule has 0 saturated carbocycles. The highest BCUT2D eigenvalue weighted by Gasteiger charge is 2.11. The van der Waals surface area contributed by atoms with E-state index in [9.17, 15) is 10.1 Å². The van der Waals surface area contributed by atoms with Crippen molar-refractivity contribution in [2.75, 3.05) is 17.7 Å². The topological polar surface area (TPSA) is 106 Å². The summed E-state index contributed by atoms with van der Waals surface area (Å²) in [7, 11) is 1.65. The number of pyridine rings is 1. The van der Waals surface area contributed by atoms with Crippen molar-refractivity contribution in [2.45, 2.75) is 13.5 Å². The van der Waals surface area contributed by atoms with E-state index >= 15 is 0 Å². The van der Waals surface area contributed by atoms with Crippen LogP contribution in [0.1, 0.15) is 11.5 Å². The van der Waals surface area contributed by atoms with Crippen molar-refractivity contribution in [3.63, 3.8) is 0 Å². The Morgan fingerprint density at radius 2 is 2.11 bits per heavy atom. The van der Waals surface area contributed by atoms with Crippen molar-refractivity contribution < 1.29 is 9.45 Å². The number of rotatable bonds is 5. The van der Waals surface area contributed by atoms with Crippen molar-refractivity contribution >= 4 is 17.3 Å². The minimum absolute atomic E-state index is 0.0295. The molecule has 2 rings (SSSR count). The fraction of sp³-hybridized carbons (Fsp3) is 0.273. The third kappa shape index (κ3) is 3.18. The number of anilines is 2. The zero-order valence-corrected chi connectivity index (χ0v) is 10.5. The second kappa shape index (κ2) is 5.34. The molecular formula is C11H13N5O3. The summed E-state index contributed by atoms with van der Waals surface area (Å²) in [5, 5.41) is 20.4. The first kappa shape index (κ1) is 12.8. The van der Waals surface area contributed by atoms with Gasteiger partial charge in [0.1, 0.15) is 23.1 Å². The zero-order chi connectivity index (χ0) is 13.8. The van der Waals surface area contributed by atoms with Crippen molar-refractivity contribution in [3.8, 4) is 0 Å². The van der Waals surface area contributed by atoms with Gasteiger partial charge in [-0.05, 0) is 6.92 Å². The lowest BCUT2D eigenvalue weighted by molar-refractivity contribution is -0.384. The number of aryl methyl sites for hydroxylation is 1.